The van der Waals surface area contributed by atoms with Crippen molar-refractivity contribution in [3.8, 4) is 28.6 Å². The number of benzene rings is 2. The Morgan fingerprint density at radius 2 is 1.56 bits per heavy atom. The standard InChI is InChI=1S/C30H34O15/c1-12-28(42-13(2)31)25(36)27(38)29(41-12)40-11-21-23(34)24(35)26(37)30(45-21)43-16-8-17(32)22-18(33)10-19(44-20(22)9-16)14-4-6-15(39-3)7-5-14/h4-10,12,21,23-30,32,34-38H,11H2,1-3H3/t12-,21+,23+,24-,25-,26+,27+,28-,29+,30+/m0/s1. The van der Waals surface area contributed by atoms with Gasteiger partial charge in [-0.2, -0.15) is 0 Å². The second-order valence-electron chi connectivity index (χ2n) is 10.7. The lowest BCUT2D eigenvalue weighted by atomic mass is 9.98. The van der Waals surface area contributed by atoms with Crippen LogP contribution in [0, 0.1) is 0 Å². The summed E-state index contributed by atoms with van der Waals surface area (Å²) in [7, 11) is 1.52. The van der Waals surface area contributed by atoms with Crippen LogP contribution in [0.2, 0.25) is 0 Å². The number of hydrogen-bond acceptors (Lipinski definition) is 15. The first kappa shape index (κ1) is 32.6. The average molecular weight is 635 g/mol. The fraction of sp³-hybridized carbons (Fsp3) is 0.467. The lowest BCUT2D eigenvalue weighted by Crippen LogP contribution is -2.62. The van der Waals surface area contributed by atoms with Gasteiger partial charge in [-0.25, -0.2) is 0 Å². The van der Waals surface area contributed by atoms with Gasteiger partial charge in [0.1, 0.15) is 70.6 Å². The van der Waals surface area contributed by atoms with Crippen LogP contribution in [0.4, 0.5) is 0 Å². The Morgan fingerprint density at radius 1 is 0.867 bits per heavy atom. The number of aliphatic hydroxyl groups is 5. The number of fused-ring (bicyclic) bond motifs is 1. The number of aromatic hydroxyl groups is 1. The Kier molecular flexibility index (Phi) is 9.62. The maximum Gasteiger partial charge on any atom is 0.303 e. The first-order chi connectivity index (χ1) is 21.4. The molecule has 0 spiro atoms. The van der Waals surface area contributed by atoms with Crippen molar-refractivity contribution in [1.82, 2.24) is 0 Å². The summed E-state index contributed by atoms with van der Waals surface area (Å²) in [6, 6.07) is 10.3. The quantitative estimate of drug-likeness (QED) is 0.176. The summed E-state index contributed by atoms with van der Waals surface area (Å²) < 4.78 is 38.5. The van der Waals surface area contributed by atoms with Crippen LogP contribution in [0.5, 0.6) is 17.2 Å². The molecule has 15 nitrogen and oxygen atoms in total. The molecule has 2 aliphatic heterocycles. The van der Waals surface area contributed by atoms with E-state index in [4.69, 9.17) is 32.8 Å². The van der Waals surface area contributed by atoms with Gasteiger partial charge in [0.05, 0.1) is 19.8 Å². The summed E-state index contributed by atoms with van der Waals surface area (Å²) in [5, 5.41) is 63.0. The predicted molar refractivity (Wildman–Crippen MR) is 151 cm³/mol. The lowest BCUT2D eigenvalue weighted by molar-refractivity contribution is -0.319. The minimum Gasteiger partial charge on any atom is -0.507 e. The molecule has 2 aromatic carbocycles. The number of aliphatic hydroxyl groups excluding tert-OH is 5. The third-order valence-electron chi connectivity index (χ3n) is 7.58. The van der Waals surface area contributed by atoms with Gasteiger partial charge in [0.25, 0.3) is 0 Å². The third kappa shape index (κ3) is 6.75. The van der Waals surface area contributed by atoms with Crippen molar-refractivity contribution in [3.63, 3.8) is 0 Å². The number of phenols is 1. The maximum atomic E-state index is 12.8. The van der Waals surface area contributed by atoms with Crippen LogP contribution in [-0.4, -0.2) is 112 Å². The van der Waals surface area contributed by atoms with Crippen molar-refractivity contribution in [2.75, 3.05) is 13.7 Å². The van der Waals surface area contributed by atoms with E-state index in [0.717, 1.165) is 13.0 Å². The molecule has 0 unspecified atom stereocenters. The van der Waals surface area contributed by atoms with Gasteiger partial charge < -0.3 is 63.5 Å². The van der Waals surface area contributed by atoms with E-state index in [1.165, 1.54) is 26.2 Å². The van der Waals surface area contributed by atoms with Crippen molar-refractivity contribution in [2.24, 2.45) is 0 Å². The first-order valence-electron chi connectivity index (χ1n) is 14.0. The summed E-state index contributed by atoms with van der Waals surface area (Å²) in [6.07, 6.45) is -14.8. The van der Waals surface area contributed by atoms with E-state index in [-0.39, 0.29) is 22.5 Å². The number of esters is 1. The molecule has 0 aliphatic carbocycles. The van der Waals surface area contributed by atoms with E-state index in [1.54, 1.807) is 24.3 Å². The number of ether oxygens (including phenoxy) is 6. The molecule has 244 valence electrons. The van der Waals surface area contributed by atoms with Crippen molar-refractivity contribution in [3.05, 3.63) is 52.7 Å². The zero-order valence-corrected chi connectivity index (χ0v) is 24.4. The monoisotopic (exact) mass is 634 g/mol. The highest BCUT2D eigenvalue weighted by Gasteiger charge is 2.48. The topological polar surface area (TPSA) is 224 Å². The Morgan fingerprint density at radius 3 is 2.22 bits per heavy atom. The molecule has 0 amide bonds. The molecule has 3 aromatic rings. The zero-order valence-electron chi connectivity index (χ0n) is 24.4. The second kappa shape index (κ2) is 13.3. The van der Waals surface area contributed by atoms with Gasteiger partial charge in [-0.3, -0.25) is 9.59 Å². The minimum atomic E-state index is -1.78. The highest BCUT2D eigenvalue weighted by molar-refractivity contribution is 5.86. The van der Waals surface area contributed by atoms with Crippen LogP contribution in [0.25, 0.3) is 22.3 Å². The SMILES string of the molecule is COc1ccc(-c2cc(=O)c3c(O)cc(O[C@@H]4O[C@H](CO[C@@H]5O[C@@H](C)[C@H](OC(C)=O)[C@@H](O)[C@H]5O)[C@@H](O)[C@H](O)[C@H]4O)cc3o2)cc1. The largest absolute Gasteiger partial charge is 0.507 e. The Hall–Kier alpha value is -3.80. The molecular weight excluding hydrogens is 600 g/mol. The van der Waals surface area contributed by atoms with Gasteiger partial charge in [0.2, 0.25) is 6.29 Å². The number of carbonyl (C=O) groups is 1. The second-order valence-corrected chi connectivity index (χ2v) is 10.7. The van der Waals surface area contributed by atoms with Crippen LogP contribution in [0.1, 0.15) is 13.8 Å². The fourth-order valence-corrected chi connectivity index (χ4v) is 5.18. The summed E-state index contributed by atoms with van der Waals surface area (Å²) in [4.78, 5) is 24.2. The first-order valence-corrected chi connectivity index (χ1v) is 14.0. The van der Waals surface area contributed by atoms with Gasteiger partial charge in [0, 0.05) is 30.7 Å². The van der Waals surface area contributed by atoms with Gasteiger partial charge >= 0.3 is 5.97 Å². The molecule has 10 atom stereocenters. The predicted octanol–water partition coefficient (Wildman–Crippen LogP) is -0.224. The van der Waals surface area contributed by atoms with E-state index in [1.807, 2.05) is 0 Å². The molecule has 0 saturated carbocycles. The molecule has 45 heavy (non-hydrogen) atoms. The average Bonchev–Trinajstić information content (AvgIpc) is 3.00. The van der Waals surface area contributed by atoms with E-state index >= 15 is 0 Å². The van der Waals surface area contributed by atoms with E-state index in [0.29, 0.717) is 11.3 Å². The van der Waals surface area contributed by atoms with Crippen molar-refractivity contribution < 1.29 is 68.3 Å². The maximum absolute atomic E-state index is 12.8. The van der Waals surface area contributed by atoms with E-state index < -0.39 is 85.2 Å². The van der Waals surface area contributed by atoms with Crippen LogP contribution < -0.4 is 14.9 Å². The van der Waals surface area contributed by atoms with Crippen LogP contribution in [0.15, 0.2) is 51.7 Å². The summed E-state index contributed by atoms with van der Waals surface area (Å²) in [6.45, 7) is 2.13. The molecule has 0 radical (unpaired) electrons. The van der Waals surface area contributed by atoms with Crippen LogP contribution in [0.3, 0.4) is 0 Å². The lowest BCUT2D eigenvalue weighted by Gasteiger charge is -2.43. The van der Waals surface area contributed by atoms with Crippen molar-refractivity contribution >= 4 is 16.9 Å². The zero-order chi connectivity index (χ0) is 32.6. The van der Waals surface area contributed by atoms with E-state index in [2.05, 4.69) is 0 Å². The molecule has 6 N–H and O–H groups in total. The molecule has 1 aromatic heterocycles. The molecule has 3 heterocycles. The summed E-state index contributed by atoms with van der Waals surface area (Å²) >= 11 is 0. The van der Waals surface area contributed by atoms with Crippen LogP contribution in [-0.2, 0) is 23.7 Å². The number of carbonyl (C=O) groups excluding carboxylic acids is 1. The fourth-order valence-electron chi connectivity index (χ4n) is 5.18. The third-order valence-corrected chi connectivity index (χ3v) is 7.58. The number of hydrogen-bond donors (Lipinski definition) is 6. The van der Waals surface area contributed by atoms with Gasteiger partial charge in [-0.15, -0.1) is 0 Å². The smallest absolute Gasteiger partial charge is 0.303 e. The Balaban J connectivity index is 1.32. The van der Waals surface area contributed by atoms with Crippen molar-refractivity contribution in [1.29, 1.82) is 0 Å². The number of methoxy groups -OCH3 is 1. The van der Waals surface area contributed by atoms with Gasteiger partial charge in [-0.05, 0) is 31.2 Å². The minimum absolute atomic E-state index is 0.0442. The Bertz CT molecular complexity index is 1560. The molecule has 2 aliphatic rings. The molecule has 2 saturated heterocycles. The summed E-state index contributed by atoms with van der Waals surface area (Å²) in [5.41, 5.74) is -0.0127. The molecule has 15 heteroatoms. The number of rotatable bonds is 8. The molecule has 0 bridgehead atoms. The summed E-state index contributed by atoms with van der Waals surface area (Å²) in [5.74, 6) is -0.479. The normalized spacial score (nSPS) is 31.8. The Labute approximate surface area is 255 Å². The highest BCUT2D eigenvalue weighted by Crippen LogP contribution is 2.34. The van der Waals surface area contributed by atoms with Gasteiger partial charge in [-0.1, -0.05) is 0 Å². The van der Waals surface area contributed by atoms with E-state index in [9.17, 15) is 40.2 Å². The number of phenolic OH excluding ortho intramolecular Hbond substituents is 1. The highest BCUT2D eigenvalue weighted by atomic mass is 16.7. The van der Waals surface area contributed by atoms with Crippen molar-refractivity contribution in [2.45, 2.75) is 75.3 Å². The van der Waals surface area contributed by atoms with Crippen LogP contribution >= 0.6 is 0 Å². The van der Waals surface area contributed by atoms with Gasteiger partial charge in [0.15, 0.2) is 17.8 Å². The molecule has 5 rings (SSSR count). The molecule has 2 fully saturated rings. The molecular formula is C30H34O15.